The minimum Gasteiger partial charge on any atom is -0.481 e. The Morgan fingerprint density at radius 2 is 2.00 bits per heavy atom. The van der Waals surface area contributed by atoms with Crippen molar-refractivity contribution in [3.8, 4) is 11.6 Å². The molecule has 0 aliphatic carbocycles. The van der Waals surface area contributed by atoms with E-state index in [2.05, 4.69) is 21.0 Å². The van der Waals surface area contributed by atoms with E-state index in [1.807, 2.05) is 31.2 Å². The summed E-state index contributed by atoms with van der Waals surface area (Å²) in [6.07, 6.45) is 0. The number of nitrogens with zero attached hydrogens (tertiary/aromatic N) is 2. The van der Waals surface area contributed by atoms with Crippen molar-refractivity contribution in [1.82, 2.24) is 9.78 Å². The number of rotatable bonds is 3. The van der Waals surface area contributed by atoms with Crippen LogP contribution in [0.4, 0.5) is 0 Å². The molecule has 2 rings (SSSR count). The van der Waals surface area contributed by atoms with Crippen molar-refractivity contribution >= 4 is 15.9 Å². The molecule has 0 radical (unpaired) electrons. The van der Waals surface area contributed by atoms with Crippen LogP contribution in [-0.4, -0.2) is 22.0 Å². The Bertz CT molecular complexity index is 520. The van der Waals surface area contributed by atoms with Gasteiger partial charge >= 0.3 is 0 Å². The molecule has 17 heavy (non-hydrogen) atoms. The van der Waals surface area contributed by atoms with Gasteiger partial charge in [-0.2, -0.15) is 5.10 Å². The Labute approximate surface area is 108 Å². The molecule has 0 fully saturated rings. The van der Waals surface area contributed by atoms with E-state index >= 15 is 0 Å². The van der Waals surface area contributed by atoms with Crippen molar-refractivity contribution in [3.63, 3.8) is 0 Å². The predicted octanol–water partition coefficient (Wildman–Crippen LogP) is 2.44. The number of aliphatic hydroxyl groups excluding tert-OH is 1. The molecule has 90 valence electrons. The summed E-state index contributed by atoms with van der Waals surface area (Å²) in [5, 5.41) is 13.7. The second-order valence-corrected chi connectivity index (χ2v) is 4.54. The van der Waals surface area contributed by atoms with E-state index in [0.717, 1.165) is 21.4 Å². The van der Waals surface area contributed by atoms with Crippen LogP contribution in [0.2, 0.25) is 0 Å². The number of aliphatic hydroxyl groups is 1. The zero-order chi connectivity index (χ0) is 12.4. The highest BCUT2D eigenvalue weighted by atomic mass is 79.9. The second kappa shape index (κ2) is 4.89. The zero-order valence-corrected chi connectivity index (χ0v) is 11.2. The average Bonchev–Trinajstić information content (AvgIpc) is 2.66. The highest BCUT2D eigenvalue weighted by Gasteiger charge is 2.15. The maximum absolute atomic E-state index is 9.29. The topological polar surface area (TPSA) is 47.3 Å². The molecule has 0 saturated heterocycles. The number of halogens is 1. The lowest BCUT2D eigenvalue weighted by Crippen LogP contribution is -2.00. The van der Waals surface area contributed by atoms with Crippen LogP contribution in [0, 0.1) is 6.92 Å². The summed E-state index contributed by atoms with van der Waals surface area (Å²) in [5.41, 5.74) is 2.38. The summed E-state index contributed by atoms with van der Waals surface area (Å²) in [6.45, 7) is 1.77. The van der Waals surface area contributed by atoms with Gasteiger partial charge in [-0.15, -0.1) is 0 Å². The van der Waals surface area contributed by atoms with Crippen LogP contribution in [0.3, 0.4) is 0 Å². The third-order valence-corrected chi connectivity index (χ3v) is 3.09. The van der Waals surface area contributed by atoms with E-state index in [4.69, 9.17) is 4.74 Å². The highest BCUT2D eigenvalue weighted by Crippen LogP contribution is 2.26. The fourth-order valence-corrected chi connectivity index (χ4v) is 1.95. The van der Waals surface area contributed by atoms with Crippen LogP contribution in [0.25, 0.3) is 5.69 Å². The molecule has 5 heteroatoms. The standard InChI is InChI=1S/C12H13BrN2O2/c1-8-11(7-16)12(17-2)15(14-8)10-5-3-9(13)4-6-10/h3-6,16H,7H2,1-2H3. The van der Waals surface area contributed by atoms with Crippen LogP contribution in [0.15, 0.2) is 28.7 Å². The van der Waals surface area contributed by atoms with Crippen LogP contribution in [0.1, 0.15) is 11.3 Å². The van der Waals surface area contributed by atoms with Crippen molar-refractivity contribution in [1.29, 1.82) is 0 Å². The van der Waals surface area contributed by atoms with Gasteiger partial charge in [0.2, 0.25) is 5.88 Å². The number of hydrogen-bond acceptors (Lipinski definition) is 3. The van der Waals surface area contributed by atoms with E-state index in [1.165, 1.54) is 0 Å². The van der Waals surface area contributed by atoms with E-state index in [1.54, 1.807) is 11.8 Å². The summed E-state index contributed by atoms with van der Waals surface area (Å²) >= 11 is 3.39. The fourth-order valence-electron chi connectivity index (χ4n) is 1.69. The molecule has 0 aliphatic rings. The molecule has 2 aromatic rings. The minimum absolute atomic E-state index is 0.0778. The molecule has 0 spiro atoms. The second-order valence-electron chi connectivity index (χ2n) is 3.62. The smallest absolute Gasteiger partial charge is 0.222 e. The van der Waals surface area contributed by atoms with Crippen LogP contribution in [-0.2, 0) is 6.61 Å². The van der Waals surface area contributed by atoms with Gasteiger partial charge in [0, 0.05) is 4.47 Å². The number of aryl methyl sites for hydroxylation is 1. The summed E-state index contributed by atoms with van der Waals surface area (Å²) in [4.78, 5) is 0. The van der Waals surface area contributed by atoms with E-state index in [-0.39, 0.29) is 6.61 Å². The highest BCUT2D eigenvalue weighted by molar-refractivity contribution is 9.10. The quantitative estimate of drug-likeness (QED) is 0.946. The van der Waals surface area contributed by atoms with Gasteiger partial charge in [-0.3, -0.25) is 0 Å². The van der Waals surface area contributed by atoms with E-state index in [9.17, 15) is 5.11 Å². The normalized spacial score (nSPS) is 10.6. The van der Waals surface area contributed by atoms with Gasteiger partial charge in [-0.25, -0.2) is 4.68 Å². The Hall–Kier alpha value is -1.33. The number of benzene rings is 1. The Balaban J connectivity index is 2.55. The Morgan fingerprint density at radius 3 is 2.53 bits per heavy atom. The minimum atomic E-state index is -0.0778. The molecule has 4 nitrogen and oxygen atoms in total. The lowest BCUT2D eigenvalue weighted by atomic mass is 10.2. The van der Waals surface area contributed by atoms with Gasteiger partial charge in [0.05, 0.1) is 30.7 Å². The fraction of sp³-hybridized carbons (Fsp3) is 0.250. The number of methoxy groups -OCH3 is 1. The monoisotopic (exact) mass is 296 g/mol. The van der Waals surface area contributed by atoms with Gasteiger partial charge in [-0.05, 0) is 31.2 Å². The first kappa shape index (κ1) is 12.1. The molecule has 1 N–H and O–H groups in total. The third kappa shape index (κ3) is 2.21. The largest absolute Gasteiger partial charge is 0.481 e. The molecule has 0 saturated carbocycles. The summed E-state index contributed by atoms with van der Waals surface area (Å²) in [6, 6.07) is 7.73. The molecular formula is C12H13BrN2O2. The first-order chi connectivity index (χ1) is 8.17. The zero-order valence-electron chi connectivity index (χ0n) is 9.64. The molecule has 1 aromatic carbocycles. The van der Waals surface area contributed by atoms with Gasteiger partial charge in [-0.1, -0.05) is 15.9 Å². The van der Waals surface area contributed by atoms with E-state index < -0.39 is 0 Å². The average molecular weight is 297 g/mol. The van der Waals surface area contributed by atoms with Crippen molar-refractivity contribution in [2.24, 2.45) is 0 Å². The first-order valence-corrected chi connectivity index (χ1v) is 5.96. The van der Waals surface area contributed by atoms with Crippen LogP contribution in [0.5, 0.6) is 5.88 Å². The number of ether oxygens (including phenoxy) is 1. The predicted molar refractivity (Wildman–Crippen MR) is 68.5 cm³/mol. The van der Waals surface area contributed by atoms with Gasteiger partial charge in [0.25, 0.3) is 0 Å². The molecule has 0 amide bonds. The molecule has 1 heterocycles. The maximum atomic E-state index is 9.29. The maximum Gasteiger partial charge on any atom is 0.222 e. The van der Waals surface area contributed by atoms with Crippen molar-refractivity contribution in [3.05, 3.63) is 40.0 Å². The SMILES string of the molecule is COc1c(CO)c(C)nn1-c1ccc(Br)cc1. The van der Waals surface area contributed by atoms with Gasteiger partial charge in [0.1, 0.15) is 0 Å². The summed E-state index contributed by atoms with van der Waals surface area (Å²) in [5.74, 6) is 0.576. The lowest BCUT2D eigenvalue weighted by Gasteiger charge is -2.07. The van der Waals surface area contributed by atoms with Crippen molar-refractivity contribution in [2.45, 2.75) is 13.5 Å². The number of aromatic nitrogens is 2. The molecular weight excluding hydrogens is 284 g/mol. The van der Waals surface area contributed by atoms with Gasteiger partial charge < -0.3 is 9.84 Å². The van der Waals surface area contributed by atoms with E-state index in [0.29, 0.717) is 5.88 Å². The van der Waals surface area contributed by atoms with Crippen molar-refractivity contribution in [2.75, 3.05) is 7.11 Å². The van der Waals surface area contributed by atoms with Crippen molar-refractivity contribution < 1.29 is 9.84 Å². The Morgan fingerprint density at radius 1 is 1.35 bits per heavy atom. The molecule has 1 aromatic heterocycles. The Kier molecular flexibility index (Phi) is 3.49. The first-order valence-electron chi connectivity index (χ1n) is 5.16. The summed E-state index contributed by atoms with van der Waals surface area (Å²) < 4.78 is 8.00. The van der Waals surface area contributed by atoms with Gasteiger partial charge in [0.15, 0.2) is 0 Å². The molecule has 0 bridgehead atoms. The summed E-state index contributed by atoms with van der Waals surface area (Å²) in [7, 11) is 1.57. The molecule has 0 unspecified atom stereocenters. The van der Waals surface area contributed by atoms with Crippen LogP contribution < -0.4 is 4.74 Å². The molecule has 0 atom stereocenters. The lowest BCUT2D eigenvalue weighted by molar-refractivity contribution is 0.271. The molecule has 0 aliphatic heterocycles. The number of hydrogen-bond donors (Lipinski definition) is 1. The third-order valence-electron chi connectivity index (χ3n) is 2.56. The van der Waals surface area contributed by atoms with Crippen LogP contribution >= 0.6 is 15.9 Å².